The van der Waals surface area contributed by atoms with Gasteiger partial charge in [-0.1, -0.05) is 32.0 Å². The van der Waals surface area contributed by atoms with Gasteiger partial charge in [-0.25, -0.2) is 13.5 Å². The summed E-state index contributed by atoms with van der Waals surface area (Å²) in [5, 5.41) is 7.22. The van der Waals surface area contributed by atoms with Gasteiger partial charge in [0.1, 0.15) is 5.69 Å². The zero-order chi connectivity index (χ0) is 13.8. The highest BCUT2D eigenvalue weighted by molar-refractivity contribution is 5.35. The summed E-state index contributed by atoms with van der Waals surface area (Å²) >= 11 is 0. The molecule has 1 N–H and O–H groups in total. The molecule has 0 spiro atoms. The molecule has 1 aromatic carbocycles. The van der Waals surface area contributed by atoms with Crippen molar-refractivity contribution in [2.45, 2.75) is 32.9 Å². The molecule has 0 aliphatic rings. The summed E-state index contributed by atoms with van der Waals surface area (Å²) in [5.41, 5.74) is 1.14. The Kier molecular flexibility index (Phi) is 4.27. The zero-order valence-electron chi connectivity index (χ0n) is 11.0. The summed E-state index contributed by atoms with van der Waals surface area (Å²) in [4.78, 5) is 0. The molecule has 0 saturated heterocycles. The summed E-state index contributed by atoms with van der Waals surface area (Å²) < 4.78 is 27.8. The van der Waals surface area contributed by atoms with E-state index in [4.69, 9.17) is 0 Å². The van der Waals surface area contributed by atoms with E-state index in [2.05, 4.69) is 10.4 Å². The maximum Gasteiger partial charge on any atom is 0.280 e. The van der Waals surface area contributed by atoms with Crippen LogP contribution in [0.25, 0.3) is 5.69 Å². The van der Waals surface area contributed by atoms with E-state index in [9.17, 15) is 8.78 Å². The summed E-state index contributed by atoms with van der Waals surface area (Å²) in [6, 6.07) is 9.22. The van der Waals surface area contributed by atoms with Gasteiger partial charge in [-0.2, -0.15) is 5.10 Å². The maximum absolute atomic E-state index is 13.2. The number of nitrogens with zero attached hydrogens (tertiary/aromatic N) is 2. The van der Waals surface area contributed by atoms with Crippen LogP contribution in [0, 0.1) is 0 Å². The van der Waals surface area contributed by atoms with Crippen LogP contribution in [-0.4, -0.2) is 15.8 Å². The fourth-order valence-corrected chi connectivity index (χ4v) is 1.85. The Morgan fingerprint density at radius 2 is 1.89 bits per heavy atom. The van der Waals surface area contributed by atoms with E-state index in [1.54, 1.807) is 24.3 Å². The maximum atomic E-state index is 13.2. The number of hydrogen-bond acceptors (Lipinski definition) is 2. The number of benzene rings is 1. The quantitative estimate of drug-likeness (QED) is 0.899. The van der Waals surface area contributed by atoms with Crippen molar-refractivity contribution in [3.8, 4) is 5.69 Å². The summed E-state index contributed by atoms with van der Waals surface area (Å²) in [7, 11) is 0. The number of aromatic nitrogens is 2. The Hall–Kier alpha value is -1.75. The molecule has 0 aliphatic heterocycles. The van der Waals surface area contributed by atoms with Crippen molar-refractivity contribution in [3.05, 3.63) is 47.8 Å². The Balaban J connectivity index is 2.35. The van der Waals surface area contributed by atoms with Crippen molar-refractivity contribution in [1.29, 1.82) is 0 Å². The highest BCUT2D eigenvalue weighted by Gasteiger charge is 2.20. The van der Waals surface area contributed by atoms with Crippen molar-refractivity contribution in [2.75, 3.05) is 0 Å². The van der Waals surface area contributed by atoms with E-state index in [0.29, 0.717) is 17.8 Å². The minimum atomic E-state index is -2.55. The molecule has 1 aromatic heterocycles. The lowest BCUT2D eigenvalue weighted by molar-refractivity contribution is 0.141. The summed E-state index contributed by atoms with van der Waals surface area (Å²) in [6.45, 7) is 4.34. The van der Waals surface area contributed by atoms with E-state index < -0.39 is 6.43 Å². The first-order valence-electron chi connectivity index (χ1n) is 6.23. The van der Waals surface area contributed by atoms with E-state index in [0.717, 1.165) is 0 Å². The van der Waals surface area contributed by atoms with Gasteiger partial charge in [0.2, 0.25) is 0 Å². The SMILES string of the molecule is CC(C)NCc1cnn(-c2ccccc2)c1C(F)F. The van der Waals surface area contributed by atoms with Gasteiger partial charge in [-0.05, 0) is 12.1 Å². The van der Waals surface area contributed by atoms with Gasteiger partial charge < -0.3 is 5.32 Å². The molecule has 1 heterocycles. The molecule has 0 saturated carbocycles. The van der Waals surface area contributed by atoms with Crippen LogP contribution in [-0.2, 0) is 6.54 Å². The van der Waals surface area contributed by atoms with Crippen LogP contribution in [0.1, 0.15) is 31.5 Å². The van der Waals surface area contributed by atoms with Crippen LogP contribution in [0.5, 0.6) is 0 Å². The fourth-order valence-electron chi connectivity index (χ4n) is 1.85. The second-order valence-electron chi connectivity index (χ2n) is 4.64. The van der Waals surface area contributed by atoms with Gasteiger partial charge in [-0.15, -0.1) is 0 Å². The first-order valence-corrected chi connectivity index (χ1v) is 6.23. The summed E-state index contributed by atoms with van der Waals surface area (Å²) in [5.74, 6) is 0. The van der Waals surface area contributed by atoms with Gasteiger partial charge in [0, 0.05) is 18.2 Å². The Morgan fingerprint density at radius 1 is 1.21 bits per heavy atom. The van der Waals surface area contributed by atoms with Crippen LogP contribution in [0.2, 0.25) is 0 Å². The highest BCUT2D eigenvalue weighted by atomic mass is 19.3. The largest absolute Gasteiger partial charge is 0.310 e. The predicted molar refractivity (Wildman–Crippen MR) is 70.5 cm³/mol. The first-order chi connectivity index (χ1) is 9.09. The van der Waals surface area contributed by atoms with E-state index in [1.165, 1.54) is 10.9 Å². The van der Waals surface area contributed by atoms with Gasteiger partial charge in [0.25, 0.3) is 6.43 Å². The third-order valence-electron chi connectivity index (χ3n) is 2.79. The number of rotatable bonds is 5. The number of hydrogen-bond donors (Lipinski definition) is 1. The van der Waals surface area contributed by atoms with Crippen molar-refractivity contribution >= 4 is 0 Å². The second kappa shape index (κ2) is 5.93. The Labute approximate surface area is 111 Å². The van der Waals surface area contributed by atoms with Crippen molar-refractivity contribution in [2.24, 2.45) is 0 Å². The van der Waals surface area contributed by atoms with Crippen molar-refractivity contribution < 1.29 is 8.78 Å². The number of alkyl halides is 2. The molecule has 0 aliphatic carbocycles. The zero-order valence-corrected chi connectivity index (χ0v) is 11.0. The standard InChI is InChI=1S/C14H17F2N3/c1-10(2)17-8-11-9-18-19(13(11)14(15)16)12-6-4-3-5-7-12/h3-7,9-10,14,17H,8H2,1-2H3. The van der Waals surface area contributed by atoms with Gasteiger partial charge in [-0.3, -0.25) is 0 Å². The first kappa shape index (κ1) is 13.7. The lowest BCUT2D eigenvalue weighted by Crippen LogP contribution is -2.22. The van der Waals surface area contributed by atoms with Crippen LogP contribution >= 0.6 is 0 Å². The monoisotopic (exact) mass is 265 g/mol. The fraction of sp³-hybridized carbons (Fsp3) is 0.357. The van der Waals surface area contributed by atoms with Gasteiger partial charge >= 0.3 is 0 Å². The Bertz CT molecular complexity index is 521. The number of halogens is 2. The van der Waals surface area contributed by atoms with Crippen LogP contribution in [0.15, 0.2) is 36.5 Å². The molecule has 0 fully saturated rings. The molecule has 5 heteroatoms. The molecule has 0 amide bonds. The van der Waals surface area contributed by atoms with Crippen molar-refractivity contribution in [1.82, 2.24) is 15.1 Å². The molecule has 102 valence electrons. The van der Waals surface area contributed by atoms with Crippen LogP contribution in [0.4, 0.5) is 8.78 Å². The molecular weight excluding hydrogens is 248 g/mol. The lowest BCUT2D eigenvalue weighted by Gasteiger charge is -2.11. The molecule has 0 atom stereocenters. The molecule has 3 nitrogen and oxygen atoms in total. The van der Waals surface area contributed by atoms with E-state index in [-0.39, 0.29) is 11.7 Å². The van der Waals surface area contributed by atoms with Gasteiger partial charge in [0.15, 0.2) is 0 Å². The van der Waals surface area contributed by atoms with Gasteiger partial charge in [0.05, 0.1) is 11.9 Å². The lowest BCUT2D eigenvalue weighted by atomic mass is 10.2. The Morgan fingerprint density at radius 3 is 2.47 bits per heavy atom. The third kappa shape index (κ3) is 3.17. The third-order valence-corrected chi connectivity index (χ3v) is 2.79. The average molecular weight is 265 g/mol. The second-order valence-corrected chi connectivity index (χ2v) is 4.64. The molecule has 2 aromatic rings. The molecule has 0 bridgehead atoms. The minimum Gasteiger partial charge on any atom is -0.310 e. The highest BCUT2D eigenvalue weighted by Crippen LogP contribution is 2.25. The number of nitrogens with one attached hydrogen (secondary N) is 1. The van der Waals surface area contributed by atoms with Crippen LogP contribution in [0.3, 0.4) is 0 Å². The normalized spacial score (nSPS) is 11.5. The van der Waals surface area contributed by atoms with Crippen LogP contribution < -0.4 is 5.32 Å². The molecular formula is C14H17F2N3. The smallest absolute Gasteiger partial charge is 0.280 e. The molecule has 0 unspecified atom stereocenters. The topological polar surface area (TPSA) is 29.9 Å². The molecule has 2 rings (SSSR count). The van der Waals surface area contributed by atoms with E-state index in [1.807, 2.05) is 19.9 Å². The molecule has 0 radical (unpaired) electrons. The number of para-hydroxylation sites is 1. The van der Waals surface area contributed by atoms with E-state index >= 15 is 0 Å². The minimum absolute atomic E-state index is 0.0423. The predicted octanol–water partition coefficient (Wildman–Crippen LogP) is 3.31. The van der Waals surface area contributed by atoms with Crippen molar-refractivity contribution in [3.63, 3.8) is 0 Å². The average Bonchev–Trinajstić information content (AvgIpc) is 2.81. The summed E-state index contributed by atoms with van der Waals surface area (Å²) in [6.07, 6.45) is -1.05. The molecule has 19 heavy (non-hydrogen) atoms.